The van der Waals surface area contributed by atoms with Crippen molar-refractivity contribution in [3.8, 4) is 0 Å². The van der Waals surface area contributed by atoms with E-state index in [0.717, 1.165) is 0 Å². The number of hydrogen-bond acceptors (Lipinski definition) is 15. The molecule has 3 rings (SSSR count). The van der Waals surface area contributed by atoms with Gasteiger partial charge in [-0.2, -0.15) is 0 Å². The molecule has 1 aliphatic carbocycles. The van der Waals surface area contributed by atoms with Crippen LogP contribution in [0.1, 0.15) is 12.8 Å². The lowest BCUT2D eigenvalue weighted by atomic mass is 9.71. The van der Waals surface area contributed by atoms with E-state index >= 15 is 0 Å². The van der Waals surface area contributed by atoms with Crippen molar-refractivity contribution < 1.29 is 79.2 Å². The minimum absolute atomic E-state index is 0.0385. The summed E-state index contributed by atoms with van der Waals surface area (Å²) in [6.07, 6.45) is -17.3. The van der Waals surface area contributed by atoms with Gasteiger partial charge in [-0.05, 0) is 24.7 Å². The van der Waals surface area contributed by atoms with Gasteiger partial charge in [0.2, 0.25) is 0 Å². The molecule has 15 atom stereocenters. The molecular weight excluding hydrogens is 544 g/mol. The molecule has 0 radical (unpaired) electrons. The zero-order valence-electron chi connectivity index (χ0n) is 22.3. The molecule has 1 saturated carbocycles. The second-order valence-corrected chi connectivity index (χ2v) is 10.4. The number of hydrogen-bond donors (Lipinski definition) is 9. The maximum absolute atomic E-state index is 11.2. The smallest absolute Gasteiger partial charge is 0.329 e. The summed E-state index contributed by atoms with van der Waals surface area (Å²) in [4.78, 5) is 11.0. The number of rotatable bonds is 12. The van der Waals surface area contributed by atoms with Gasteiger partial charge in [0.05, 0.1) is 38.1 Å². The third-order valence-corrected chi connectivity index (χ3v) is 7.99. The van der Waals surface area contributed by atoms with E-state index in [4.69, 9.17) is 33.5 Å². The highest BCUT2D eigenvalue weighted by Gasteiger charge is 2.52. The van der Waals surface area contributed by atoms with Crippen molar-refractivity contribution in [3.05, 3.63) is 0 Å². The predicted molar refractivity (Wildman–Crippen MR) is 129 cm³/mol. The standard InChI is InChI=1S/C24H42O16/c1-35-22-13(5-25)38-12(18(31)19(22)32)4-10-9(7-37-8-15(27)28)3-11(17(30)16(10)29)39-23-14(6-26)40-24(36-2)21(34)20(23)33/h9-14,16-26,29-34H,3-8H2,1-2H3,(H,27,28)/t9-,10-,11+,12-,13-,14-,16?,17+,18+,19?,20?,21-,22-,23-,24+/m1/s1. The summed E-state index contributed by atoms with van der Waals surface area (Å²) in [5.74, 6) is -2.78. The topological polar surface area (TPSA) is 255 Å². The van der Waals surface area contributed by atoms with Crippen LogP contribution in [0.2, 0.25) is 0 Å². The van der Waals surface area contributed by atoms with E-state index in [1.165, 1.54) is 14.2 Å². The van der Waals surface area contributed by atoms with E-state index in [9.17, 15) is 45.6 Å². The molecule has 40 heavy (non-hydrogen) atoms. The molecule has 16 heteroatoms. The molecular formula is C24H42O16. The van der Waals surface area contributed by atoms with E-state index in [1.807, 2.05) is 0 Å². The number of aliphatic hydroxyl groups excluding tert-OH is 8. The summed E-state index contributed by atoms with van der Waals surface area (Å²) in [6.45, 7) is -2.01. The lowest BCUT2D eigenvalue weighted by Crippen LogP contribution is -2.63. The molecule has 3 fully saturated rings. The van der Waals surface area contributed by atoms with E-state index in [2.05, 4.69) is 0 Å². The van der Waals surface area contributed by atoms with E-state index in [0.29, 0.717) is 0 Å². The predicted octanol–water partition coefficient (Wildman–Crippen LogP) is -4.83. The number of aliphatic carboxylic acids is 1. The molecule has 3 aliphatic rings. The molecule has 16 nitrogen and oxygen atoms in total. The Morgan fingerprint density at radius 3 is 1.98 bits per heavy atom. The zero-order chi connectivity index (χ0) is 29.7. The Balaban J connectivity index is 1.80. The fourth-order valence-electron chi connectivity index (χ4n) is 5.86. The maximum Gasteiger partial charge on any atom is 0.329 e. The molecule has 2 saturated heterocycles. The quantitative estimate of drug-likeness (QED) is 0.104. The van der Waals surface area contributed by atoms with Gasteiger partial charge in [-0.1, -0.05) is 0 Å². The Morgan fingerprint density at radius 1 is 0.775 bits per heavy atom. The summed E-state index contributed by atoms with van der Waals surface area (Å²) in [7, 11) is 2.53. The second kappa shape index (κ2) is 14.9. The molecule has 0 spiro atoms. The molecule has 2 aliphatic heterocycles. The highest BCUT2D eigenvalue weighted by Crippen LogP contribution is 2.40. The van der Waals surface area contributed by atoms with Crippen LogP contribution >= 0.6 is 0 Å². The van der Waals surface area contributed by atoms with Crippen LogP contribution in [0.4, 0.5) is 0 Å². The van der Waals surface area contributed by atoms with Crippen LogP contribution in [-0.2, 0) is 33.2 Å². The lowest BCUT2D eigenvalue weighted by molar-refractivity contribution is -0.315. The summed E-state index contributed by atoms with van der Waals surface area (Å²) < 4.78 is 32.5. The van der Waals surface area contributed by atoms with E-state index < -0.39 is 117 Å². The maximum atomic E-state index is 11.2. The highest BCUT2D eigenvalue weighted by molar-refractivity contribution is 5.67. The Morgan fingerprint density at radius 2 is 1.40 bits per heavy atom. The largest absolute Gasteiger partial charge is 0.480 e. The van der Waals surface area contributed by atoms with Crippen molar-refractivity contribution >= 4 is 5.97 Å². The van der Waals surface area contributed by atoms with Crippen LogP contribution in [-0.4, -0.2) is 172 Å². The van der Waals surface area contributed by atoms with Crippen LogP contribution in [0.15, 0.2) is 0 Å². The Hall–Kier alpha value is -1.09. The van der Waals surface area contributed by atoms with Crippen molar-refractivity contribution in [2.45, 2.75) is 92.4 Å². The third kappa shape index (κ3) is 7.27. The first-order chi connectivity index (χ1) is 19.0. The Kier molecular flexibility index (Phi) is 12.4. The van der Waals surface area contributed by atoms with Crippen molar-refractivity contribution in [2.75, 3.05) is 40.6 Å². The summed E-state index contributed by atoms with van der Waals surface area (Å²) >= 11 is 0. The molecule has 0 bridgehead atoms. The number of ether oxygens (including phenoxy) is 6. The number of methoxy groups -OCH3 is 2. The first-order valence-corrected chi connectivity index (χ1v) is 13.1. The van der Waals surface area contributed by atoms with Crippen LogP contribution in [0, 0.1) is 11.8 Å². The molecule has 0 aromatic carbocycles. The van der Waals surface area contributed by atoms with Gasteiger partial charge in [0.1, 0.15) is 61.5 Å². The summed E-state index contributed by atoms with van der Waals surface area (Å²) in [5, 5.41) is 92.7. The Bertz CT molecular complexity index is 784. The minimum atomic E-state index is -1.59. The van der Waals surface area contributed by atoms with Crippen LogP contribution in [0.3, 0.4) is 0 Å². The number of aliphatic hydroxyl groups is 8. The third-order valence-electron chi connectivity index (χ3n) is 7.99. The molecule has 0 aromatic heterocycles. The van der Waals surface area contributed by atoms with Crippen molar-refractivity contribution in [1.29, 1.82) is 0 Å². The average molecular weight is 587 g/mol. The van der Waals surface area contributed by atoms with E-state index in [-0.39, 0.29) is 19.4 Å². The highest BCUT2D eigenvalue weighted by atomic mass is 16.7. The molecule has 0 amide bonds. The van der Waals surface area contributed by atoms with Gasteiger partial charge in [-0.25, -0.2) is 4.79 Å². The van der Waals surface area contributed by atoms with Gasteiger partial charge in [-0.15, -0.1) is 0 Å². The first-order valence-electron chi connectivity index (χ1n) is 13.1. The summed E-state index contributed by atoms with van der Waals surface area (Å²) in [6, 6.07) is 0. The number of carboxylic acid groups (broad SMARTS) is 1. The average Bonchev–Trinajstić information content (AvgIpc) is 2.93. The monoisotopic (exact) mass is 586 g/mol. The van der Waals surface area contributed by atoms with Gasteiger partial charge in [-0.3, -0.25) is 0 Å². The second-order valence-electron chi connectivity index (χ2n) is 10.4. The molecule has 3 unspecified atom stereocenters. The van der Waals surface area contributed by atoms with E-state index in [1.54, 1.807) is 0 Å². The van der Waals surface area contributed by atoms with Crippen molar-refractivity contribution in [1.82, 2.24) is 0 Å². The fraction of sp³-hybridized carbons (Fsp3) is 0.958. The van der Waals surface area contributed by atoms with Gasteiger partial charge >= 0.3 is 5.97 Å². The first kappa shape index (κ1) is 33.4. The van der Waals surface area contributed by atoms with Gasteiger partial charge in [0.25, 0.3) is 0 Å². The van der Waals surface area contributed by atoms with Gasteiger partial charge in [0, 0.05) is 14.2 Å². The Labute approximate surface area is 230 Å². The molecule has 9 N–H and O–H groups in total. The van der Waals surface area contributed by atoms with Crippen LogP contribution < -0.4 is 0 Å². The van der Waals surface area contributed by atoms with Crippen molar-refractivity contribution in [2.24, 2.45) is 11.8 Å². The van der Waals surface area contributed by atoms with Crippen molar-refractivity contribution in [3.63, 3.8) is 0 Å². The number of carboxylic acids is 1. The fourth-order valence-corrected chi connectivity index (χ4v) is 5.86. The lowest BCUT2D eigenvalue weighted by Gasteiger charge is -2.49. The molecule has 234 valence electrons. The van der Waals surface area contributed by atoms with Crippen LogP contribution in [0.25, 0.3) is 0 Å². The minimum Gasteiger partial charge on any atom is -0.480 e. The van der Waals surface area contributed by atoms with Gasteiger partial charge in [0.15, 0.2) is 6.29 Å². The zero-order valence-corrected chi connectivity index (χ0v) is 22.3. The van der Waals surface area contributed by atoms with Gasteiger partial charge < -0.3 is 74.4 Å². The SMILES string of the molecule is CO[C@H]1O[C@H](CO)[C@@H](O[C@H]2C[C@H](COCC(=O)O)[C@@H](C[C@H]3O[C@H](CO)[C@@H](OC)C(O)[C@H]3O)C(O)[C@H]2O)C(O)[C@H]1O. The normalized spacial score (nSPS) is 46.3. The summed E-state index contributed by atoms with van der Waals surface area (Å²) in [5.41, 5.74) is 0. The number of carbonyl (C=O) groups is 1. The van der Waals surface area contributed by atoms with Crippen LogP contribution in [0.5, 0.6) is 0 Å². The molecule has 2 heterocycles. The molecule has 0 aromatic rings.